The highest BCUT2D eigenvalue weighted by molar-refractivity contribution is 6.24. The van der Waals surface area contributed by atoms with Crippen LogP contribution in [0.4, 0.5) is 11.4 Å². The summed E-state index contributed by atoms with van der Waals surface area (Å²) in [6, 6.07) is 31.9. The normalized spacial score (nSPS) is 20.5. The number of aryl methyl sites for hydroxylation is 1. The first-order valence-corrected chi connectivity index (χ1v) is 12.3. The molecule has 0 radical (unpaired) electrons. The van der Waals surface area contributed by atoms with Crippen molar-refractivity contribution in [3.05, 3.63) is 126 Å². The summed E-state index contributed by atoms with van der Waals surface area (Å²) < 4.78 is 5.53. The van der Waals surface area contributed by atoms with Gasteiger partial charge in [0.2, 0.25) is 5.91 Å². The molecule has 0 bridgehead atoms. The molecule has 2 aliphatic rings. The van der Waals surface area contributed by atoms with Crippen molar-refractivity contribution in [3.8, 4) is 5.75 Å². The molecule has 4 aromatic carbocycles. The number of carbonyl (C=O) groups excluding carboxylic acids is 3. The maximum Gasteiger partial charge on any atom is 0.343 e. The van der Waals surface area contributed by atoms with Gasteiger partial charge in [-0.3, -0.25) is 14.4 Å². The molecule has 6 rings (SSSR count). The Labute approximate surface area is 219 Å². The summed E-state index contributed by atoms with van der Waals surface area (Å²) in [6.07, 6.45) is -0.956. The van der Waals surface area contributed by atoms with Crippen LogP contribution in [0.5, 0.6) is 5.75 Å². The number of nitrogens with zero attached hydrogens (tertiary/aromatic N) is 2. The van der Waals surface area contributed by atoms with Crippen LogP contribution >= 0.6 is 0 Å². The molecule has 0 unspecified atom stereocenters. The van der Waals surface area contributed by atoms with Gasteiger partial charge >= 0.3 is 5.97 Å². The Hall–Kier alpha value is -4.75. The van der Waals surface area contributed by atoms with Gasteiger partial charge in [0.1, 0.15) is 11.7 Å². The average Bonchev–Trinajstić information content (AvgIpc) is 3.46. The van der Waals surface area contributed by atoms with E-state index in [1.807, 2.05) is 55.5 Å². The molecule has 0 aromatic heterocycles. The number of anilines is 2. The van der Waals surface area contributed by atoms with Gasteiger partial charge in [-0.25, -0.2) is 14.8 Å². The molecule has 3 atom stereocenters. The van der Waals surface area contributed by atoms with Crippen molar-refractivity contribution in [2.75, 3.05) is 9.96 Å². The standard InChI is InChI=1S/C31H24N2O5/c1-20-10-8-9-15-25(20)32-29(34)26-27(33(38-28(26)30(32)35)23-13-6-3-7-14-23)21-16-18-24(19-17-21)37-31(36)22-11-4-2-5-12-22/h2-19,26-28H,1H3/t26-,27-,28+/m1/s1. The van der Waals surface area contributed by atoms with E-state index in [1.54, 1.807) is 65.7 Å². The van der Waals surface area contributed by atoms with Crippen LogP contribution in [0.15, 0.2) is 109 Å². The third-order valence-corrected chi connectivity index (χ3v) is 6.92. The van der Waals surface area contributed by atoms with Gasteiger partial charge < -0.3 is 4.74 Å². The lowest BCUT2D eigenvalue weighted by atomic mass is 9.90. The molecule has 4 aromatic rings. The number of hydrogen-bond acceptors (Lipinski definition) is 6. The van der Waals surface area contributed by atoms with Crippen molar-refractivity contribution in [3.63, 3.8) is 0 Å². The largest absolute Gasteiger partial charge is 0.423 e. The molecule has 0 N–H and O–H groups in total. The number of ether oxygens (including phenoxy) is 1. The molecule has 0 spiro atoms. The van der Waals surface area contributed by atoms with E-state index in [9.17, 15) is 14.4 Å². The lowest BCUT2D eigenvalue weighted by Gasteiger charge is -2.29. The molecular formula is C31H24N2O5. The van der Waals surface area contributed by atoms with E-state index in [0.29, 0.717) is 17.0 Å². The minimum Gasteiger partial charge on any atom is -0.423 e. The van der Waals surface area contributed by atoms with Crippen LogP contribution in [-0.2, 0) is 14.4 Å². The smallest absolute Gasteiger partial charge is 0.343 e. The molecule has 2 aliphatic heterocycles. The first kappa shape index (κ1) is 23.6. The van der Waals surface area contributed by atoms with E-state index < -0.39 is 24.0 Å². The van der Waals surface area contributed by atoms with Gasteiger partial charge in [0.25, 0.3) is 5.91 Å². The number of fused-ring (bicyclic) bond motifs is 1. The van der Waals surface area contributed by atoms with Crippen LogP contribution in [0.25, 0.3) is 0 Å². The predicted molar refractivity (Wildman–Crippen MR) is 142 cm³/mol. The fourth-order valence-electron chi connectivity index (χ4n) is 5.08. The highest BCUT2D eigenvalue weighted by Gasteiger charge is 2.60. The molecule has 2 saturated heterocycles. The summed E-state index contributed by atoms with van der Waals surface area (Å²) in [5.74, 6) is -1.53. The lowest BCUT2D eigenvalue weighted by molar-refractivity contribution is -0.126. The van der Waals surface area contributed by atoms with Crippen LogP contribution in [0.2, 0.25) is 0 Å². The Morgan fingerprint density at radius 2 is 1.39 bits per heavy atom. The molecular weight excluding hydrogens is 480 g/mol. The highest BCUT2D eigenvalue weighted by Crippen LogP contribution is 2.48. The highest BCUT2D eigenvalue weighted by atomic mass is 16.7. The third kappa shape index (κ3) is 4.03. The van der Waals surface area contributed by atoms with Gasteiger partial charge in [0, 0.05) is 0 Å². The summed E-state index contributed by atoms with van der Waals surface area (Å²) in [5.41, 5.74) is 3.33. The van der Waals surface area contributed by atoms with Crippen molar-refractivity contribution in [2.24, 2.45) is 5.92 Å². The van der Waals surface area contributed by atoms with Crippen molar-refractivity contribution in [2.45, 2.75) is 19.1 Å². The zero-order valence-electron chi connectivity index (χ0n) is 20.6. The fourth-order valence-corrected chi connectivity index (χ4v) is 5.08. The zero-order chi connectivity index (χ0) is 26.2. The Balaban J connectivity index is 1.34. The first-order valence-electron chi connectivity index (χ1n) is 12.3. The average molecular weight is 505 g/mol. The van der Waals surface area contributed by atoms with Gasteiger partial charge in [-0.2, -0.15) is 0 Å². The molecule has 38 heavy (non-hydrogen) atoms. The number of esters is 1. The second-order valence-corrected chi connectivity index (χ2v) is 9.28. The zero-order valence-corrected chi connectivity index (χ0v) is 20.6. The van der Waals surface area contributed by atoms with Gasteiger partial charge in [-0.05, 0) is 60.5 Å². The Kier molecular flexibility index (Phi) is 5.98. The maximum absolute atomic E-state index is 13.8. The van der Waals surface area contributed by atoms with Crippen LogP contribution in [0, 0.1) is 12.8 Å². The minimum absolute atomic E-state index is 0.308. The summed E-state index contributed by atoms with van der Waals surface area (Å²) in [4.78, 5) is 47.2. The molecule has 2 fully saturated rings. The summed E-state index contributed by atoms with van der Waals surface area (Å²) in [7, 11) is 0. The molecule has 0 aliphatic carbocycles. The van der Waals surface area contributed by atoms with E-state index in [1.165, 1.54) is 4.90 Å². The number of rotatable bonds is 5. The number of benzene rings is 4. The molecule has 2 heterocycles. The molecule has 2 amide bonds. The van der Waals surface area contributed by atoms with Gasteiger partial charge in [0.05, 0.1) is 23.0 Å². The first-order chi connectivity index (χ1) is 18.5. The Bertz CT molecular complexity index is 1500. The number of para-hydroxylation sites is 2. The molecule has 0 saturated carbocycles. The molecule has 7 nitrogen and oxygen atoms in total. The van der Waals surface area contributed by atoms with Gasteiger partial charge in [-0.15, -0.1) is 0 Å². The summed E-state index contributed by atoms with van der Waals surface area (Å²) in [5, 5.41) is 1.64. The quantitative estimate of drug-likeness (QED) is 0.210. The summed E-state index contributed by atoms with van der Waals surface area (Å²) >= 11 is 0. The maximum atomic E-state index is 13.8. The molecule has 7 heteroatoms. The third-order valence-electron chi connectivity index (χ3n) is 6.92. The number of imide groups is 1. The van der Waals surface area contributed by atoms with Crippen molar-refractivity contribution in [1.29, 1.82) is 0 Å². The number of amides is 2. The van der Waals surface area contributed by atoms with E-state index in [-0.39, 0.29) is 11.8 Å². The number of hydrogen-bond donors (Lipinski definition) is 0. The Morgan fingerprint density at radius 1 is 0.763 bits per heavy atom. The molecule has 188 valence electrons. The SMILES string of the molecule is Cc1ccccc1N1C(=O)[C@H]2[C@H](ON(c3ccccc3)[C@@H]2c2ccc(OC(=O)c3ccccc3)cc2)C1=O. The number of carbonyl (C=O) groups is 3. The summed E-state index contributed by atoms with van der Waals surface area (Å²) in [6.45, 7) is 1.87. The van der Waals surface area contributed by atoms with Crippen molar-refractivity contribution >= 4 is 29.2 Å². The van der Waals surface area contributed by atoms with Crippen LogP contribution in [0.1, 0.15) is 27.5 Å². The topological polar surface area (TPSA) is 76.2 Å². The van der Waals surface area contributed by atoms with Gasteiger partial charge in [0.15, 0.2) is 6.10 Å². The van der Waals surface area contributed by atoms with Crippen molar-refractivity contribution < 1.29 is 24.0 Å². The Morgan fingerprint density at radius 3 is 2.08 bits per heavy atom. The predicted octanol–water partition coefficient (Wildman–Crippen LogP) is 5.27. The second kappa shape index (κ2) is 9.61. The fraction of sp³-hybridized carbons (Fsp3) is 0.129. The van der Waals surface area contributed by atoms with E-state index in [0.717, 1.165) is 16.8 Å². The van der Waals surface area contributed by atoms with E-state index in [2.05, 4.69) is 0 Å². The van der Waals surface area contributed by atoms with Crippen LogP contribution in [-0.4, -0.2) is 23.9 Å². The van der Waals surface area contributed by atoms with Crippen LogP contribution < -0.4 is 14.7 Å². The number of hydroxylamine groups is 1. The van der Waals surface area contributed by atoms with Gasteiger partial charge in [-0.1, -0.05) is 66.7 Å². The van der Waals surface area contributed by atoms with E-state index in [4.69, 9.17) is 9.57 Å². The minimum atomic E-state index is -0.956. The van der Waals surface area contributed by atoms with Crippen molar-refractivity contribution in [1.82, 2.24) is 0 Å². The monoisotopic (exact) mass is 504 g/mol. The lowest BCUT2D eigenvalue weighted by Crippen LogP contribution is -2.37. The van der Waals surface area contributed by atoms with Crippen LogP contribution in [0.3, 0.4) is 0 Å². The van der Waals surface area contributed by atoms with E-state index >= 15 is 0 Å². The second-order valence-electron chi connectivity index (χ2n) is 9.28.